The Labute approximate surface area is 78.4 Å². The van der Waals surface area contributed by atoms with Gasteiger partial charge in [-0.15, -0.1) is 0 Å². The van der Waals surface area contributed by atoms with Crippen molar-refractivity contribution in [1.29, 1.82) is 0 Å². The highest BCUT2D eigenvalue weighted by molar-refractivity contribution is 5.19. The smallest absolute Gasteiger partial charge is 0.0270 e. The van der Waals surface area contributed by atoms with Crippen molar-refractivity contribution in [3.8, 4) is 0 Å². The van der Waals surface area contributed by atoms with Gasteiger partial charge in [-0.05, 0) is 36.7 Å². The lowest BCUT2D eigenvalue weighted by Gasteiger charge is -2.16. The van der Waals surface area contributed by atoms with Crippen LogP contribution in [0.1, 0.15) is 11.5 Å². The number of pyridine rings is 1. The van der Waals surface area contributed by atoms with Crippen LogP contribution in [0.25, 0.3) is 0 Å². The Morgan fingerprint density at radius 3 is 2.85 bits per heavy atom. The van der Waals surface area contributed by atoms with E-state index in [1.54, 1.807) is 0 Å². The van der Waals surface area contributed by atoms with Crippen LogP contribution in [0.3, 0.4) is 0 Å². The summed E-state index contributed by atoms with van der Waals surface area (Å²) in [5.41, 5.74) is 7.06. The average Bonchev–Trinajstić information content (AvgIpc) is 2.67. The summed E-state index contributed by atoms with van der Waals surface area (Å²) in [6.45, 7) is 2.86. The minimum Gasteiger partial charge on any atom is -0.330 e. The van der Waals surface area contributed by atoms with Crippen LogP contribution < -0.4 is 11.1 Å². The maximum absolute atomic E-state index is 5.71. The van der Waals surface area contributed by atoms with Crippen molar-refractivity contribution in [3.63, 3.8) is 0 Å². The lowest BCUT2D eigenvalue weighted by Crippen LogP contribution is -2.21. The van der Waals surface area contributed by atoms with Gasteiger partial charge in [-0.1, -0.05) is 0 Å². The molecule has 0 aliphatic carbocycles. The SMILES string of the molecule is NCC1CNCC1c1ccncc1. The number of nitrogens with one attached hydrogen (secondary N) is 1. The number of nitrogens with zero attached hydrogens (tertiary/aromatic N) is 1. The van der Waals surface area contributed by atoms with Gasteiger partial charge in [0.05, 0.1) is 0 Å². The van der Waals surface area contributed by atoms with Crippen LogP contribution in [0, 0.1) is 5.92 Å². The Morgan fingerprint density at radius 2 is 2.15 bits per heavy atom. The van der Waals surface area contributed by atoms with Crippen molar-refractivity contribution in [1.82, 2.24) is 10.3 Å². The molecule has 3 heteroatoms. The van der Waals surface area contributed by atoms with Crippen LogP contribution in [-0.2, 0) is 0 Å². The average molecular weight is 177 g/mol. The zero-order valence-corrected chi connectivity index (χ0v) is 7.61. The highest BCUT2D eigenvalue weighted by Crippen LogP contribution is 2.26. The summed E-state index contributed by atoms with van der Waals surface area (Å²) in [7, 11) is 0. The summed E-state index contributed by atoms with van der Waals surface area (Å²) < 4.78 is 0. The monoisotopic (exact) mass is 177 g/mol. The molecule has 1 saturated heterocycles. The minimum absolute atomic E-state index is 0.577. The van der Waals surface area contributed by atoms with E-state index >= 15 is 0 Å². The summed E-state index contributed by atoms with van der Waals surface area (Å²) in [6, 6.07) is 4.17. The first-order chi connectivity index (χ1) is 6.42. The number of aromatic nitrogens is 1. The lowest BCUT2D eigenvalue weighted by atomic mass is 9.90. The third-order valence-electron chi connectivity index (χ3n) is 2.78. The highest BCUT2D eigenvalue weighted by atomic mass is 14.9. The van der Waals surface area contributed by atoms with Crippen molar-refractivity contribution >= 4 is 0 Å². The van der Waals surface area contributed by atoms with Crippen molar-refractivity contribution in [2.24, 2.45) is 11.7 Å². The summed E-state index contributed by atoms with van der Waals surface area (Å²) >= 11 is 0. The van der Waals surface area contributed by atoms with Gasteiger partial charge in [0.1, 0.15) is 0 Å². The van der Waals surface area contributed by atoms with Crippen LogP contribution in [0.2, 0.25) is 0 Å². The maximum atomic E-state index is 5.71. The first-order valence-corrected chi connectivity index (χ1v) is 4.72. The van der Waals surface area contributed by atoms with Crippen LogP contribution in [0.4, 0.5) is 0 Å². The van der Waals surface area contributed by atoms with Gasteiger partial charge >= 0.3 is 0 Å². The van der Waals surface area contributed by atoms with Crippen molar-refractivity contribution in [2.75, 3.05) is 19.6 Å². The molecule has 1 aliphatic heterocycles. The Bertz CT molecular complexity index is 260. The third kappa shape index (κ3) is 1.71. The number of hydrogen-bond acceptors (Lipinski definition) is 3. The second-order valence-corrected chi connectivity index (χ2v) is 3.54. The minimum atomic E-state index is 0.577. The predicted octanol–water partition coefficient (Wildman–Crippen LogP) is 0.343. The van der Waals surface area contributed by atoms with Gasteiger partial charge in [0.25, 0.3) is 0 Å². The van der Waals surface area contributed by atoms with Crippen molar-refractivity contribution in [3.05, 3.63) is 30.1 Å². The van der Waals surface area contributed by atoms with Crippen LogP contribution in [-0.4, -0.2) is 24.6 Å². The molecule has 2 rings (SSSR count). The van der Waals surface area contributed by atoms with E-state index in [1.165, 1.54) is 5.56 Å². The van der Waals surface area contributed by atoms with Crippen molar-refractivity contribution in [2.45, 2.75) is 5.92 Å². The van der Waals surface area contributed by atoms with Crippen LogP contribution in [0.15, 0.2) is 24.5 Å². The largest absolute Gasteiger partial charge is 0.330 e. The number of hydrogen-bond donors (Lipinski definition) is 2. The van der Waals surface area contributed by atoms with E-state index in [9.17, 15) is 0 Å². The van der Waals surface area contributed by atoms with Gasteiger partial charge in [-0.25, -0.2) is 0 Å². The molecule has 0 aromatic carbocycles. The molecule has 2 atom stereocenters. The fourth-order valence-electron chi connectivity index (χ4n) is 1.98. The lowest BCUT2D eigenvalue weighted by molar-refractivity contribution is 0.530. The van der Waals surface area contributed by atoms with Gasteiger partial charge in [0.15, 0.2) is 0 Å². The Kier molecular flexibility index (Phi) is 2.57. The van der Waals surface area contributed by atoms with E-state index in [-0.39, 0.29) is 0 Å². The molecular weight excluding hydrogens is 162 g/mol. The molecule has 0 saturated carbocycles. The molecule has 3 N–H and O–H groups in total. The highest BCUT2D eigenvalue weighted by Gasteiger charge is 2.26. The van der Waals surface area contributed by atoms with Crippen LogP contribution in [0.5, 0.6) is 0 Å². The second kappa shape index (κ2) is 3.85. The zero-order valence-electron chi connectivity index (χ0n) is 7.61. The quantitative estimate of drug-likeness (QED) is 0.685. The normalized spacial score (nSPS) is 27.8. The molecule has 3 nitrogen and oxygen atoms in total. The fraction of sp³-hybridized carbons (Fsp3) is 0.500. The Morgan fingerprint density at radius 1 is 1.38 bits per heavy atom. The van der Waals surface area contributed by atoms with E-state index in [0.29, 0.717) is 11.8 Å². The molecule has 2 unspecified atom stereocenters. The number of nitrogens with two attached hydrogens (primary N) is 1. The van der Waals surface area contributed by atoms with Gasteiger partial charge in [0, 0.05) is 24.9 Å². The van der Waals surface area contributed by atoms with Gasteiger partial charge in [-0.3, -0.25) is 4.98 Å². The molecule has 1 aromatic heterocycles. The first kappa shape index (κ1) is 8.66. The Hall–Kier alpha value is -0.930. The molecule has 0 amide bonds. The van der Waals surface area contributed by atoms with E-state index in [2.05, 4.69) is 22.4 Å². The molecule has 70 valence electrons. The first-order valence-electron chi connectivity index (χ1n) is 4.72. The predicted molar refractivity (Wildman–Crippen MR) is 52.4 cm³/mol. The second-order valence-electron chi connectivity index (χ2n) is 3.54. The van der Waals surface area contributed by atoms with Crippen LogP contribution >= 0.6 is 0 Å². The van der Waals surface area contributed by atoms with Gasteiger partial charge in [-0.2, -0.15) is 0 Å². The molecule has 1 fully saturated rings. The third-order valence-corrected chi connectivity index (χ3v) is 2.78. The van der Waals surface area contributed by atoms with E-state index < -0.39 is 0 Å². The topological polar surface area (TPSA) is 50.9 Å². The molecule has 0 radical (unpaired) electrons. The molecule has 0 spiro atoms. The maximum Gasteiger partial charge on any atom is 0.0270 e. The van der Waals surface area contributed by atoms with Crippen molar-refractivity contribution < 1.29 is 0 Å². The summed E-state index contributed by atoms with van der Waals surface area (Å²) in [5, 5.41) is 3.37. The molecule has 2 heterocycles. The molecule has 0 bridgehead atoms. The molecular formula is C10H15N3. The standard InChI is InChI=1S/C10H15N3/c11-5-9-6-13-7-10(9)8-1-3-12-4-2-8/h1-4,9-10,13H,5-7,11H2. The summed E-state index contributed by atoms with van der Waals surface area (Å²) in [6.07, 6.45) is 3.70. The number of rotatable bonds is 2. The van der Waals surface area contributed by atoms with E-state index in [1.807, 2.05) is 12.4 Å². The summed E-state index contributed by atoms with van der Waals surface area (Å²) in [5.74, 6) is 1.16. The molecule has 1 aromatic rings. The van der Waals surface area contributed by atoms with E-state index in [0.717, 1.165) is 19.6 Å². The zero-order chi connectivity index (χ0) is 9.10. The summed E-state index contributed by atoms with van der Waals surface area (Å²) in [4.78, 5) is 4.02. The Balaban J connectivity index is 2.16. The molecule has 13 heavy (non-hydrogen) atoms. The van der Waals surface area contributed by atoms with E-state index in [4.69, 9.17) is 5.73 Å². The van der Waals surface area contributed by atoms with Gasteiger partial charge in [0.2, 0.25) is 0 Å². The molecule has 1 aliphatic rings. The van der Waals surface area contributed by atoms with Gasteiger partial charge < -0.3 is 11.1 Å². The fourth-order valence-corrected chi connectivity index (χ4v) is 1.98.